The number of aliphatic hydroxyl groups is 1. The number of tetrazole rings is 1. The second kappa shape index (κ2) is 15.7. The Hall–Kier alpha value is -5.61. The molecule has 0 aliphatic carbocycles. The normalized spacial score (nSPS) is 20.2. The predicted octanol–water partition coefficient (Wildman–Crippen LogP) is 4.76. The number of ether oxygens (including phenoxy) is 3. The van der Waals surface area contributed by atoms with Crippen LogP contribution < -0.4 is 10.2 Å². The van der Waals surface area contributed by atoms with Gasteiger partial charge < -0.3 is 29.7 Å². The van der Waals surface area contributed by atoms with Gasteiger partial charge >= 0.3 is 6.09 Å². The SMILES string of the molecule is O=C(NC1CC(=O)N(c2ccc([C@@H]3O[C@H](CSc4nnnn4-c4ccc(O)cc4)C[C@H](c4ccc(CO)cc4)O3)cc2)C1=O)OCc1ccccc1. The van der Waals surface area contributed by atoms with Gasteiger partial charge in [-0.15, -0.1) is 5.10 Å². The Morgan fingerprint density at radius 3 is 2.33 bits per heavy atom. The van der Waals surface area contributed by atoms with E-state index in [9.17, 15) is 24.6 Å². The summed E-state index contributed by atoms with van der Waals surface area (Å²) in [5, 5.41) is 34.4. The summed E-state index contributed by atoms with van der Waals surface area (Å²) in [5.41, 5.74) is 4.20. The number of anilines is 1. The summed E-state index contributed by atoms with van der Waals surface area (Å²) in [6.45, 7) is -0.0406. The molecular formula is C37H34N6O8S. The van der Waals surface area contributed by atoms with Gasteiger partial charge in [0.2, 0.25) is 11.1 Å². The van der Waals surface area contributed by atoms with Crippen molar-refractivity contribution >= 4 is 35.4 Å². The predicted molar refractivity (Wildman–Crippen MR) is 187 cm³/mol. The number of benzene rings is 4. The number of hydrogen-bond donors (Lipinski definition) is 3. The van der Waals surface area contributed by atoms with Crippen molar-refractivity contribution in [3.05, 3.63) is 125 Å². The largest absolute Gasteiger partial charge is 0.508 e. The third-order valence-corrected chi connectivity index (χ3v) is 9.67. The lowest BCUT2D eigenvalue weighted by molar-refractivity contribution is -0.245. The summed E-state index contributed by atoms with van der Waals surface area (Å²) in [4.78, 5) is 39.6. The molecule has 2 saturated heterocycles. The second-order valence-corrected chi connectivity index (χ2v) is 13.2. The first kappa shape index (κ1) is 34.8. The van der Waals surface area contributed by atoms with Crippen molar-refractivity contribution in [3.63, 3.8) is 0 Å². The quantitative estimate of drug-likeness (QED) is 0.126. The molecule has 266 valence electrons. The van der Waals surface area contributed by atoms with E-state index in [4.69, 9.17) is 14.2 Å². The molecular weight excluding hydrogens is 689 g/mol. The Bertz CT molecular complexity index is 2010. The molecule has 15 heteroatoms. The summed E-state index contributed by atoms with van der Waals surface area (Å²) in [6.07, 6.45) is -1.89. The third kappa shape index (κ3) is 7.97. The lowest BCUT2D eigenvalue weighted by atomic mass is 10.0. The van der Waals surface area contributed by atoms with Crippen LogP contribution in [0.15, 0.2) is 108 Å². The van der Waals surface area contributed by atoms with E-state index in [1.807, 2.05) is 54.6 Å². The Morgan fingerprint density at radius 2 is 1.60 bits per heavy atom. The molecule has 52 heavy (non-hydrogen) atoms. The zero-order valence-electron chi connectivity index (χ0n) is 27.6. The van der Waals surface area contributed by atoms with Crippen molar-refractivity contribution in [1.82, 2.24) is 25.5 Å². The number of imide groups is 1. The van der Waals surface area contributed by atoms with Gasteiger partial charge in [0.25, 0.3) is 5.91 Å². The maximum atomic E-state index is 13.2. The topological polar surface area (TPSA) is 178 Å². The maximum Gasteiger partial charge on any atom is 0.408 e. The number of hydrogen-bond acceptors (Lipinski definition) is 12. The van der Waals surface area contributed by atoms with Crippen LogP contribution >= 0.6 is 11.8 Å². The zero-order valence-corrected chi connectivity index (χ0v) is 28.5. The van der Waals surface area contributed by atoms with Gasteiger partial charge in [0.15, 0.2) is 6.29 Å². The van der Waals surface area contributed by atoms with Crippen molar-refractivity contribution in [2.24, 2.45) is 0 Å². The van der Waals surface area contributed by atoms with Gasteiger partial charge in [0.05, 0.1) is 36.6 Å². The summed E-state index contributed by atoms with van der Waals surface area (Å²) in [7, 11) is 0. The van der Waals surface area contributed by atoms with Crippen LogP contribution in [0.4, 0.5) is 10.5 Å². The lowest BCUT2D eigenvalue weighted by Gasteiger charge is -2.36. The van der Waals surface area contributed by atoms with Crippen LogP contribution in [0.2, 0.25) is 0 Å². The van der Waals surface area contributed by atoms with Crippen LogP contribution in [0.5, 0.6) is 5.75 Å². The molecule has 1 unspecified atom stereocenters. The molecule has 5 aromatic rings. The maximum absolute atomic E-state index is 13.2. The van der Waals surface area contributed by atoms with Gasteiger partial charge in [-0.1, -0.05) is 78.5 Å². The van der Waals surface area contributed by atoms with E-state index in [-0.39, 0.29) is 37.6 Å². The van der Waals surface area contributed by atoms with Gasteiger partial charge in [-0.3, -0.25) is 9.59 Å². The van der Waals surface area contributed by atoms with Crippen LogP contribution in [0.3, 0.4) is 0 Å². The summed E-state index contributed by atoms with van der Waals surface area (Å²) in [6, 6.07) is 28.9. The summed E-state index contributed by atoms with van der Waals surface area (Å²) in [5.74, 6) is -0.386. The highest BCUT2D eigenvalue weighted by atomic mass is 32.2. The van der Waals surface area contributed by atoms with Crippen molar-refractivity contribution in [1.29, 1.82) is 0 Å². The van der Waals surface area contributed by atoms with E-state index in [0.717, 1.165) is 21.6 Å². The third-order valence-electron chi connectivity index (χ3n) is 8.62. The highest BCUT2D eigenvalue weighted by Crippen LogP contribution is 2.40. The zero-order chi connectivity index (χ0) is 36.0. The van der Waals surface area contributed by atoms with Gasteiger partial charge in [-0.2, -0.15) is 4.68 Å². The molecule has 14 nitrogen and oxygen atoms in total. The smallest absolute Gasteiger partial charge is 0.408 e. The number of carbonyl (C=O) groups is 3. The molecule has 7 rings (SSSR count). The minimum absolute atomic E-state index is 0.0328. The van der Waals surface area contributed by atoms with Crippen molar-refractivity contribution in [3.8, 4) is 11.4 Å². The first-order chi connectivity index (χ1) is 25.3. The number of alkyl carbamates (subject to hydrolysis) is 1. The van der Waals surface area contributed by atoms with Crippen molar-refractivity contribution in [2.45, 2.75) is 55.8 Å². The molecule has 0 bridgehead atoms. The van der Waals surface area contributed by atoms with Gasteiger partial charge in [-0.05, 0) is 63.5 Å². The average Bonchev–Trinajstić information content (AvgIpc) is 3.76. The molecule has 2 aliphatic rings. The Balaban J connectivity index is 1.03. The summed E-state index contributed by atoms with van der Waals surface area (Å²) < 4.78 is 19.7. The number of phenolic OH excluding ortho intramolecular Hbond substituents is 1. The van der Waals surface area contributed by atoms with E-state index in [1.165, 1.54) is 11.8 Å². The van der Waals surface area contributed by atoms with E-state index in [1.54, 1.807) is 53.2 Å². The van der Waals surface area contributed by atoms with Gasteiger partial charge in [0.1, 0.15) is 18.4 Å². The second-order valence-electron chi connectivity index (χ2n) is 12.2. The number of nitrogens with zero attached hydrogens (tertiary/aromatic N) is 5. The van der Waals surface area contributed by atoms with Crippen molar-refractivity contribution in [2.75, 3.05) is 10.7 Å². The van der Waals surface area contributed by atoms with Crippen LogP contribution in [0, 0.1) is 0 Å². The number of rotatable bonds is 11. The minimum atomic E-state index is -1.05. The number of amides is 3. The molecule has 1 aromatic heterocycles. The number of thioether (sulfide) groups is 1. The molecule has 3 amide bonds. The highest BCUT2D eigenvalue weighted by Gasteiger charge is 2.41. The number of aromatic hydroxyl groups is 1. The first-order valence-electron chi connectivity index (χ1n) is 16.5. The standard InChI is InChI=1S/C37H34N6O8S/c44-20-23-6-8-25(9-7-23)32-18-30(22-52-36-39-40-41-43(36)28-14-16-29(45)17-15-28)50-35(51-32)26-10-12-27(13-11-26)42-33(46)19-31(34(42)47)38-37(48)49-21-24-4-2-1-3-5-24/h1-17,30-32,35,44-45H,18-22H2,(H,38,48)/t30-,31?,32+,35+/m0/s1. The number of nitrogens with one attached hydrogen (secondary N) is 1. The van der Waals surface area contributed by atoms with Crippen LogP contribution in [0.1, 0.15) is 47.5 Å². The number of phenols is 1. The number of aliphatic hydroxyl groups excluding tert-OH is 1. The fraction of sp³-hybridized carbons (Fsp3) is 0.243. The molecule has 0 saturated carbocycles. The molecule has 2 fully saturated rings. The molecule has 3 N–H and O–H groups in total. The monoisotopic (exact) mass is 722 g/mol. The minimum Gasteiger partial charge on any atom is -0.508 e. The molecule has 2 aliphatic heterocycles. The summed E-state index contributed by atoms with van der Waals surface area (Å²) >= 11 is 1.42. The average molecular weight is 723 g/mol. The molecule has 4 aromatic carbocycles. The van der Waals surface area contributed by atoms with E-state index in [0.29, 0.717) is 34.3 Å². The number of carbonyl (C=O) groups excluding carboxylic acids is 3. The van der Waals surface area contributed by atoms with E-state index < -0.39 is 30.2 Å². The molecule has 3 heterocycles. The van der Waals surface area contributed by atoms with E-state index >= 15 is 0 Å². The lowest BCUT2D eigenvalue weighted by Crippen LogP contribution is -2.42. The Kier molecular flexibility index (Phi) is 10.5. The Morgan fingerprint density at radius 1 is 0.885 bits per heavy atom. The fourth-order valence-corrected chi connectivity index (χ4v) is 6.83. The molecule has 0 spiro atoms. The molecule has 0 radical (unpaired) electrons. The van der Waals surface area contributed by atoms with Crippen LogP contribution in [-0.4, -0.2) is 66.2 Å². The van der Waals surface area contributed by atoms with Crippen LogP contribution in [0.25, 0.3) is 5.69 Å². The highest BCUT2D eigenvalue weighted by molar-refractivity contribution is 7.99. The van der Waals surface area contributed by atoms with Crippen LogP contribution in [-0.2, 0) is 37.0 Å². The van der Waals surface area contributed by atoms with E-state index in [2.05, 4.69) is 20.8 Å². The van der Waals surface area contributed by atoms with Crippen molar-refractivity contribution < 1.29 is 38.8 Å². The molecule has 4 atom stereocenters. The fourth-order valence-electron chi connectivity index (χ4n) is 5.92. The first-order valence-corrected chi connectivity index (χ1v) is 17.5. The Labute approximate surface area is 302 Å². The van der Waals surface area contributed by atoms with Gasteiger partial charge in [-0.25, -0.2) is 9.69 Å². The van der Waals surface area contributed by atoms with Gasteiger partial charge in [0, 0.05) is 17.7 Å². The number of aromatic nitrogens is 4.